The largest absolute Gasteiger partial charge is 1.00 e. The molecule has 1 aliphatic rings. The Morgan fingerprint density at radius 1 is 1.00 bits per heavy atom. The second-order valence-electron chi connectivity index (χ2n) is 7.03. The number of rotatable bonds is 6. The molecule has 1 saturated heterocycles. The zero-order valence-corrected chi connectivity index (χ0v) is 17.2. The van der Waals surface area contributed by atoms with E-state index in [1.165, 1.54) is 39.3 Å². The molecule has 1 atom stereocenters. The van der Waals surface area contributed by atoms with Crippen LogP contribution in [0.15, 0.2) is 60.7 Å². The first kappa shape index (κ1) is 19.9. The summed E-state index contributed by atoms with van der Waals surface area (Å²) in [5, 5.41) is 3.46. The number of halogens is 1. The van der Waals surface area contributed by atoms with Crippen LogP contribution in [-0.2, 0) is 6.42 Å². The fraction of sp³-hybridized carbons (Fsp3) is 0.304. The van der Waals surface area contributed by atoms with Gasteiger partial charge in [0.15, 0.2) is 0 Å². The number of aryl methyl sites for hydroxylation is 1. The van der Waals surface area contributed by atoms with Gasteiger partial charge in [-0.1, -0.05) is 36.4 Å². The number of hydrogen-bond donors (Lipinski definition) is 1. The van der Waals surface area contributed by atoms with E-state index in [1.54, 1.807) is 0 Å². The Bertz CT molecular complexity index is 842. The highest BCUT2D eigenvalue weighted by Gasteiger charge is 2.14. The molecule has 3 aromatic rings. The monoisotopic (exact) mass is 399 g/mol. The average Bonchev–Trinajstić information content (AvgIpc) is 3.34. The van der Waals surface area contributed by atoms with Crippen molar-refractivity contribution in [1.82, 2.24) is 5.32 Å². The summed E-state index contributed by atoms with van der Waals surface area (Å²) in [6.07, 6.45) is 3.44. The molecule has 1 N–H and O–H groups in total. The lowest BCUT2D eigenvalue weighted by atomic mass is 10.0. The maximum Gasteiger partial charge on any atom is 1.00 e. The molecule has 2 heterocycles. The normalized spacial score (nSPS) is 16.1. The molecule has 0 unspecified atom stereocenters. The van der Waals surface area contributed by atoms with Crippen LogP contribution in [0.25, 0.3) is 10.4 Å². The first-order chi connectivity index (χ1) is 12.8. The summed E-state index contributed by atoms with van der Waals surface area (Å²) in [6.45, 7) is 4.04. The van der Waals surface area contributed by atoms with E-state index in [4.69, 9.17) is 4.74 Å². The van der Waals surface area contributed by atoms with Gasteiger partial charge in [-0.3, -0.25) is 0 Å². The smallest absolute Gasteiger partial charge is 1.00 e. The highest BCUT2D eigenvalue weighted by molar-refractivity contribution is 7.15. The first-order valence-electron chi connectivity index (χ1n) is 9.37. The van der Waals surface area contributed by atoms with Gasteiger partial charge in [-0.25, -0.2) is 0 Å². The van der Waals surface area contributed by atoms with Gasteiger partial charge < -0.3 is 22.5 Å². The van der Waals surface area contributed by atoms with Gasteiger partial charge >= 0.3 is 1.43 Å². The van der Waals surface area contributed by atoms with Crippen LogP contribution in [-0.4, -0.2) is 19.2 Å². The maximum absolute atomic E-state index is 5.90. The lowest BCUT2D eigenvalue weighted by molar-refractivity contribution is -0.00000557. The Morgan fingerprint density at radius 2 is 1.70 bits per heavy atom. The van der Waals surface area contributed by atoms with Crippen molar-refractivity contribution in [3.05, 3.63) is 76.7 Å². The van der Waals surface area contributed by atoms with E-state index in [0.29, 0.717) is 6.04 Å². The molecule has 2 nitrogen and oxygen atoms in total. The lowest BCUT2D eigenvalue weighted by Crippen LogP contribution is -3.00. The maximum atomic E-state index is 5.90. The second kappa shape index (κ2) is 9.41. The van der Waals surface area contributed by atoms with Gasteiger partial charge in [0.05, 0.1) is 0 Å². The Balaban J connectivity index is 0.00000140. The van der Waals surface area contributed by atoms with Crippen molar-refractivity contribution in [3.63, 3.8) is 0 Å². The Kier molecular flexibility index (Phi) is 6.95. The van der Waals surface area contributed by atoms with Crippen LogP contribution >= 0.6 is 11.3 Å². The Morgan fingerprint density at radius 3 is 2.30 bits per heavy atom. The quantitative estimate of drug-likeness (QED) is 0.687. The van der Waals surface area contributed by atoms with Crippen LogP contribution < -0.4 is 22.5 Å². The van der Waals surface area contributed by atoms with Crippen LogP contribution in [0.5, 0.6) is 5.75 Å². The molecule has 1 aromatic heterocycles. The molecule has 27 heavy (non-hydrogen) atoms. The standard InChI is InChI=1S/C23H25NOS.ClH/c1-17-4-13-23(26-17)20-9-5-18(6-10-20)15-19-7-11-22(12-8-19)25-16-21-3-2-14-24-21;/h4-13,21,24H,2-3,14-16H2,1H3;1H/t21-;/m1./s1. The number of ether oxygens (including phenoxy) is 1. The molecule has 0 aliphatic carbocycles. The van der Waals surface area contributed by atoms with Crippen molar-refractivity contribution in [2.75, 3.05) is 13.2 Å². The minimum Gasteiger partial charge on any atom is -1.00 e. The predicted octanol–water partition coefficient (Wildman–Crippen LogP) is 2.56. The molecule has 2 aromatic carbocycles. The van der Waals surface area contributed by atoms with Crippen molar-refractivity contribution in [2.24, 2.45) is 0 Å². The topological polar surface area (TPSA) is 21.3 Å². The van der Waals surface area contributed by atoms with Crippen LogP contribution in [0.4, 0.5) is 0 Å². The van der Waals surface area contributed by atoms with Crippen molar-refractivity contribution in [2.45, 2.75) is 32.2 Å². The molecule has 0 spiro atoms. The molecule has 0 amide bonds. The van der Waals surface area contributed by atoms with E-state index in [1.807, 2.05) is 11.3 Å². The minimum atomic E-state index is 0. The van der Waals surface area contributed by atoms with Crippen molar-refractivity contribution in [3.8, 4) is 16.2 Å². The predicted molar refractivity (Wildman–Crippen MR) is 111 cm³/mol. The summed E-state index contributed by atoms with van der Waals surface area (Å²) in [7, 11) is 0. The summed E-state index contributed by atoms with van der Waals surface area (Å²) in [4.78, 5) is 2.70. The van der Waals surface area contributed by atoms with E-state index in [9.17, 15) is 0 Å². The zero-order valence-electron chi connectivity index (χ0n) is 16.6. The van der Waals surface area contributed by atoms with Gasteiger partial charge in [0.2, 0.25) is 0 Å². The SMILES string of the molecule is Cc1ccc(-c2ccc(Cc3ccc(OC[C@H]4CCCN4)cc3)cc2)s1.[Cl-].[H+]. The molecule has 1 fully saturated rings. The number of hydrogen-bond acceptors (Lipinski definition) is 3. The summed E-state index contributed by atoms with van der Waals surface area (Å²) >= 11 is 1.85. The van der Waals surface area contributed by atoms with E-state index in [0.717, 1.165) is 25.3 Å². The van der Waals surface area contributed by atoms with E-state index in [2.05, 4.69) is 72.9 Å². The molecule has 0 bridgehead atoms. The van der Waals surface area contributed by atoms with Crippen molar-refractivity contribution < 1.29 is 18.6 Å². The molecular formula is C23H26ClNOS. The van der Waals surface area contributed by atoms with Gasteiger partial charge in [-0.05, 0) is 73.7 Å². The van der Waals surface area contributed by atoms with E-state index >= 15 is 0 Å². The molecule has 142 valence electrons. The third-order valence-electron chi connectivity index (χ3n) is 4.92. The fourth-order valence-electron chi connectivity index (χ4n) is 3.41. The number of thiophene rings is 1. The third kappa shape index (κ3) is 5.35. The lowest BCUT2D eigenvalue weighted by Gasteiger charge is -2.12. The van der Waals surface area contributed by atoms with Crippen molar-refractivity contribution in [1.29, 1.82) is 0 Å². The molecule has 0 saturated carbocycles. The summed E-state index contributed by atoms with van der Waals surface area (Å²) in [6, 6.07) is 22.4. The number of nitrogens with one attached hydrogen (secondary N) is 1. The van der Waals surface area contributed by atoms with Gasteiger partial charge in [0, 0.05) is 15.8 Å². The molecule has 1 aliphatic heterocycles. The summed E-state index contributed by atoms with van der Waals surface area (Å²) in [5.41, 5.74) is 3.96. The van der Waals surface area contributed by atoms with Crippen molar-refractivity contribution >= 4 is 11.3 Å². The average molecular weight is 400 g/mol. The number of benzene rings is 2. The Labute approximate surface area is 173 Å². The zero-order chi connectivity index (χ0) is 17.8. The fourth-order valence-corrected chi connectivity index (χ4v) is 4.28. The highest BCUT2D eigenvalue weighted by Crippen LogP contribution is 2.28. The van der Waals surface area contributed by atoms with Gasteiger partial charge in [-0.15, -0.1) is 11.3 Å². The van der Waals surface area contributed by atoms with Gasteiger partial charge in [0.25, 0.3) is 0 Å². The second-order valence-corrected chi connectivity index (χ2v) is 8.32. The molecule has 0 radical (unpaired) electrons. The molecule has 4 rings (SSSR count). The minimum absolute atomic E-state index is 0. The van der Waals surface area contributed by atoms with Crippen LogP contribution in [0.1, 0.15) is 30.3 Å². The van der Waals surface area contributed by atoms with E-state index < -0.39 is 0 Å². The third-order valence-corrected chi connectivity index (χ3v) is 5.97. The van der Waals surface area contributed by atoms with Crippen LogP contribution in [0.2, 0.25) is 0 Å². The summed E-state index contributed by atoms with van der Waals surface area (Å²) in [5.74, 6) is 0.964. The highest BCUT2D eigenvalue weighted by atomic mass is 35.5. The van der Waals surface area contributed by atoms with Crippen LogP contribution in [0.3, 0.4) is 0 Å². The van der Waals surface area contributed by atoms with Gasteiger partial charge in [0.1, 0.15) is 12.4 Å². The molecular weight excluding hydrogens is 374 g/mol. The Hall–Kier alpha value is -1.81. The summed E-state index contributed by atoms with van der Waals surface area (Å²) < 4.78 is 5.90. The van der Waals surface area contributed by atoms with Crippen LogP contribution in [0, 0.1) is 6.92 Å². The first-order valence-corrected chi connectivity index (χ1v) is 10.2. The van der Waals surface area contributed by atoms with E-state index in [-0.39, 0.29) is 13.8 Å². The van der Waals surface area contributed by atoms with Gasteiger partial charge in [-0.2, -0.15) is 0 Å². The molecule has 4 heteroatoms.